The summed E-state index contributed by atoms with van der Waals surface area (Å²) in [6, 6.07) is 16.5. The van der Waals surface area contributed by atoms with E-state index in [-0.39, 0.29) is 24.1 Å². The maximum Gasteiger partial charge on any atom is 0.231 e. The van der Waals surface area contributed by atoms with Crippen LogP contribution in [0, 0.1) is 0 Å². The van der Waals surface area contributed by atoms with Crippen LogP contribution in [0.2, 0.25) is 5.02 Å². The Morgan fingerprint density at radius 3 is 2.73 bits per heavy atom. The van der Waals surface area contributed by atoms with Gasteiger partial charge in [-0.1, -0.05) is 53.7 Å². The van der Waals surface area contributed by atoms with Crippen molar-refractivity contribution in [2.75, 3.05) is 13.8 Å². The fourth-order valence-corrected chi connectivity index (χ4v) is 4.47. The Labute approximate surface area is 196 Å². The average molecular weight is 464 g/mol. The summed E-state index contributed by atoms with van der Waals surface area (Å²) in [5.74, 6) is 0.675. The summed E-state index contributed by atoms with van der Waals surface area (Å²) in [5, 5.41) is 13.2. The average Bonchev–Trinajstić information content (AvgIpc) is 3.12. The highest BCUT2D eigenvalue weighted by Crippen LogP contribution is 2.40. The molecule has 33 heavy (non-hydrogen) atoms. The van der Waals surface area contributed by atoms with Gasteiger partial charge in [-0.2, -0.15) is 0 Å². The van der Waals surface area contributed by atoms with Crippen LogP contribution in [0.3, 0.4) is 0 Å². The standard InChI is InChI=1S/C26H22ClNO5/c1-28(12-16-5-3-2-4-6-16)13-21-22(29)8-7-20-24(30)23(33-26(20)21)11-17-9-19(27)10-18-14-31-15-32-25(17)18/h2-11,29H,12-15H2,1H3. The van der Waals surface area contributed by atoms with E-state index in [0.717, 1.165) is 17.0 Å². The van der Waals surface area contributed by atoms with Crippen molar-refractivity contribution in [3.05, 3.63) is 93.2 Å². The van der Waals surface area contributed by atoms with Gasteiger partial charge in [-0.15, -0.1) is 0 Å². The topological polar surface area (TPSA) is 72.3 Å². The van der Waals surface area contributed by atoms with Crippen molar-refractivity contribution in [1.82, 2.24) is 0 Å². The molecule has 0 radical (unpaired) electrons. The maximum atomic E-state index is 13.1. The van der Waals surface area contributed by atoms with Crippen LogP contribution in [0.15, 0.2) is 60.4 Å². The van der Waals surface area contributed by atoms with Gasteiger partial charge in [-0.05, 0) is 24.3 Å². The third kappa shape index (κ3) is 4.33. The molecule has 0 aliphatic carbocycles. The van der Waals surface area contributed by atoms with E-state index in [1.807, 2.05) is 25.2 Å². The molecule has 0 spiro atoms. The molecule has 1 atom stereocenters. The zero-order chi connectivity index (χ0) is 22.9. The number of rotatable bonds is 5. The molecule has 2 aliphatic rings. The first-order valence-electron chi connectivity index (χ1n) is 10.6. The molecule has 5 rings (SSSR count). The minimum absolute atomic E-state index is 0.125. The lowest BCUT2D eigenvalue weighted by Crippen LogP contribution is -3.06. The number of ketones is 1. The van der Waals surface area contributed by atoms with E-state index in [4.69, 9.17) is 25.8 Å². The Hall–Kier alpha value is -3.32. The number of fused-ring (bicyclic) bond motifs is 2. The van der Waals surface area contributed by atoms with Crippen LogP contribution in [0.4, 0.5) is 0 Å². The molecule has 168 valence electrons. The first-order chi connectivity index (χ1) is 16.0. The van der Waals surface area contributed by atoms with Gasteiger partial charge >= 0.3 is 0 Å². The molecular formula is C26H22ClNO5. The number of quaternary nitrogens is 1. The van der Waals surface area contributed by atoms with E-state index >= 15 is 0 Å². The highest BCUT2D eigenvalue weighted by molar-refractivity contribution is 6.31. The molecule has 0 amide bonds. The molecule has 7 heteroatoms. The molecule has 0 saturated heterocycles. The Balaban J connectivity index is 1.45. The molecule has 6 nitrogen and oxygen atoms in total. The minimum atomic E-state index is -0.271. The van der Waals surface area contributed by atoms with Crippen LogP contribution in [0.5, 0.6) is 17.2 Å². The number of allylic oxidation sites excluding steroid dienone is 1. The second-order valence-electron chi connectivity index (χ2n) is 8.25. The first-order valence-corrected chi connectivity index (χ1v) is 11.0. The van der Waals surface area contributed by atoms with Crippen LogP contribution >= 0.6 is 11.6 Å². The lowest BCUT2D eigenvalue weighted by molar-refractivity contribution is -0.907. The molecule has 0 fully saturated rings. The number of nitrogens with one attached hydrogen (secondary N) is 1. The van der Waals surface area contributed by atoms with Crippen molar-refractivity contribution in [3.63, 3.8) is 0 Å². The predicted molar refractivity (Wildman–Crippen MR) is 121 cm³/mol. The number of Topliss-reactive ketones (excluding diaryl/α,β-unsaturated/α-hetero) is 1. The van der Waals surface area contributed by atoms with Gasteiger partial charge in [0, 0.05) is 27.3 Å². The number of benzene rings is 3. The monoisotopic (exact) mass is 463 g/mol. The maximum absolute atomic E-state index is 13.1. The van der Waals surface area contributed by atoms with E-state index in [0.29, 0.717) is 46.4 Å². The highest BCUT2D eigenvalue weighted by Gasteiger charge is 2.31. The number of ether oxygens (including phenoxy) is 3. The van der Waals surface area contributed by atoms with Gasteiger partial charge in [0.05, 0.1) is 19.2 Å². The third-order valence-corrected chi connectivity index (χ3v) is 5.93. The minimum Gasteiger partial charge on any atom is -0.872 e. The Morgan fingerprint density at radius 2 is 1.91 bits per heavy atom. The molecule has 1 N–H and O–H groups in total. The summed E-state index contributed by atoms with van der Waals surface area (Å²) < 4.78 is 16.9. The summed E-state index contributed by atoms with van der Waals surface area (Å²) in [4.78, 5) is 14.2. The Bertz CT molecular complexity index is 1260. The summed E-state index contributed by atoms with van der Waals surface area (Å²) in [6.45, 7) is 1.68. The smallest absolute Gasteiger partial charge is 0.231 e. The fourth-order valence-electron chi connectivity index (χ4n) is 4.22. The number of carbonyl (C=O) groups excluding carboxylic acids is 1. The van der Waals surface area contributed by atoms with Crippen molar-refractivity contribution in [1.29, 1.82) is 0 Å². The lowest BCUT2D eigenvalue weighted by Gasteiger charge is -2.21. The highest BCUT2D eigenvalue weighted by atomic mass is 35.5. The van der Waals surface area contributed by atoms with Gasteiger partial charge < -0.3 is 24.2 Å². The third-order valence-electron chi connectivity index (χ3n) is 5.72. The summed E-state index contributed by atoms with van der Waals surface area (Å²) in [5.41, 5.74) is 3.49. The molecule has 0 saturated carbocycles. The molecule has 2 heterocycles. The summed E-state index contributed by atoms with van der Waals surface area (Å²) in [7, 11) is 2.01. The molecule has 3 aromatic carbocycles. The van der Waals surface area contributed by atoms with E-state index < -0.39 is 0 Å². The van der Waals surface area contributed by atoms with E-state index in [9.17, 15) is 9.90 Å². The van der Waals surface area contributed by atoms with Crippen molar-refractivity contribution in [2.24, 2.45) is 0 Å². The van der Waals surface area contributed by atoms with Gasteiger partial charge in [0.25, 0.3) is 0 Å². The van der Waals surface area contributed by atoms with Crippen LogP contribution in [0.1, 0.15) is 32.6 Å². The Kier molecular flexibility index (Phi) is 5.81. The zero-order valence-electron chi connectivity index (χ0n) is 18.0. The molecule has 0 bridgehead atoms. The van der Waals surface area contributed by atoms with Crippen molar-refractivity contribution in [3.8, 4) is 17.2 Å². The lowest BCUT2D eigenvalue weighted by atomic mass is 10.0. The fraction of sp³-hybridized carbons (Fsp3) is 0.192. The quantitative estimate of drug-likeness (QED) is 0.589. The summed E-state index contributed by atoms with van der Waals surface area (Å²) in [6.07, 6.45) is 1.62. The number of halogens is 1. The van der Waals surface area contributed by atoms with Crippen LogP contribution in [-0.4, -0.2) is 19.6 Å². The van der Waals surface area contributed by atoms with Crippen molar-refractivity contribution < 1.29 is 29.0 Å². The van der Waals surface area contributed by atoms with E-state index in [1.165, 1.54) is 17.7 Å². The molecule has 0 aromatic heterocycles. The van der Waals surface area contributed by atoms with Gasteiger partial charge in [0.15, 0.2) is 12.6 Å². The van der Waals surface area contributed by atoms with Crippen molar-refractivity contribution in [2.45, 2.75) is 19.7 Å². The van der Waals surface area contributed by atoms with Gasteiger partial charge in [0.2, 0.25) is 5.78 Å². The number of carbonyl (C=O) groups is 1. The molecule has 1 unspecified atom stereocenters. The van der Waals surface area contributed by atoms with Crippen molar-refractivity contribution >= 4 is 23.5 Å². The number of hydrogen-bond acceptors (Lipinski definition) is 5. The molecular weight excluding hydrogens is 442 g/mol. The molecule has 3 aromatic rings. The number of hydrogen-bond donors (Lipinski definition) is 1. The van der Waals surface area contributed by atoms with Crippen LogP contribution in [0.25, 0.3) is 6.08 Å². The second-order valence-corrected chi connectivity index (χ2v) is 8.69. The first kappa shape index (κ1) is 21.5. The predicted octanol–water partition coefficient (Wildman–Crippen LogP) is 3.11. The van der Waals surface area contributed by atoms with Gasteiger partial charge in [0.1, 0.15) is 24.6 Å². The van der Waals surface area contributed by atoms with Crippen LogP contribution in [-0.2, 0) is 24.4 Å². The Morgan fingerprint density at radius 1 is 1.09 bits per heavy atom. The normalized spacial score (nSPS) is 16.7. The second kappa shape index (κ2) is 8.90. The zero-order valence-corrected chi connectivity index (χ0v) is 18.8. The summed E-state index contributed by atoms with van der Waals surface area (Å²) >= 11 is 6.25. The SMILES string of the molecule is C[NH+](Cc1ccccc1)Cc1c([O-])ccc2c1OC(=Cc1cc(Cl)cc3c1OCOC3)C2=O. The largest absolute Gasteiger partial charge is 0.872 e. The van der Waals surface area contributed by atoms with Crippen LogP contribution < -0.4 is 19.5 Å². The van der Waals surface area contributed by atoms with Gasteiger partial charge in [-0.25, -0.2) is 0 Å². The molecule has 2 aliphatic heterocycles. The van der Waals surface area contributed by atoms with Gasteiger partial charge in [-0.3, -0.25) is 4.79 Å². The van der Waals surface area contributed by atoms with E-state index in [2.05, 4.69) is 12.1 Å². The van der Waals surface area contributed by atoms with E-state index in [1.54, 1.807) is 18.2 Å².